The second-order valence-electron chi connectivity index (χ2n) is 7.47. The average Bonchev–Trinajstić information content (AvgIpc) is 2.88. The van der Waals surface area contributed by atoms with Crippen LogP contribution in [-0.2, 0) is 14.6 Å². The maximum Gasteiger partial charge on any atom is 0.157 e. The Hall–Kier alpha value is -0.130. The van der Waals surface area contributed by atoms with E-state index >= 15 is 0 Å². The van der Waals surface area contributed by atoms with E-state index in [-0.39, 0.29) is 28.6 Å². The summed E-state index contributed by atoms with van der Waals surface area (Å²) in [6.45, 7) is 8.12. The lowest BCUT2D eigenvalue weighted by Gasteiger charge is -2.41. The highest BCUT2D eigenvalue weighted by atomic mass is 32.2. The molecule has 0 radical (unpaired) electrons. The molecule has 3 unspecified atom stereocenters. The molecule has 124 valence electrons. The fraction of sp³-hybridized carbons (Fsp3) is 1.00. The van der Waals surface area contributed by atoms with Gasteiger partial charge in [-0.2, -0.15) is 0 Å². The van der Waals surface area contributed by atoms with E-state index in [1.54, 1.807) is 0 Å². The molecule has 0 aromatic rings. The van der Waals surface area contributed by atoms with Gasteiger partial charge in [0.05, 0.1) is 17.1 Å². The zero-order valence-corrected chi connectivity index (χ0v) is 14.5. The van der Waals surface area contributed by atoms with Gasteiger partial charge in [0.25, 0.3) is 0 Å². The zero-order chi connectivity index (χ0) is 15.5. The summed E-state index contributed by atoms with van der Waals surface area (Å²) in [5.74, 6) is 0.206. The summed E-state index contributed by atoms with van der Waals surface area (Å²) >= 11 is 0. The second kappa shape index (κ2) is 6.97. The largest absolute Gasteiger partial charge is 0.377 e. The van der Waals surface area contributed by atoms with Gasteiger partial charge in [0.1, 0.15) is 0 Å². The summed E-state index contributed by atoms with van der Waals surface area (Å²) in [5, 5.41) is 3.22. The molecule has 4 nitrogen and oxygen atoms in total. The molecule has 0 bridgehead atoms. The lowest BCUT2D eigenvalue weighted by atomic mass is 9.75. The van der Waals surface area contributed by atoms with Crippen LogP contribution in [0.15, 0.2) is 0 Å². The summed E-state index contributed by atoms with van der Waals surface area (Å²) in [5.41, 5.74) is 0.124. The summed E-state index contributed by atoms with van der Waals surface area (Å²) in [4.78, 5) is 0. The SMILES string of the molecule is CCCNC1CCC(C)(C)CC1S(=O)(=O)CC1CCCO1. The Kier molecular flexibility index (Phi) is 5.71. The first-order valence-electron chi connectivity index (χ1n) is 8.40. The van der Waals surface area contributed by atoms with Gasteiger partial charge in [-0.05, 0) is 50.5 Å². The molecule has 1 saturated carbocycles. The van der Waals surface area contributed by atoms with Gasteiger partial charge in [-0.1, -0.05) is 20.8 Å². The van der Waals surface area contributed by atoms with Gasteiger partial charge in [-0.25, -0.2) is 8.42 Å². The van der Waals surface area contributed by atoms with E-state index < -0.39 is 9.84 Å². The van der Waals surface area contributed by atoms with Gasteiger partial charge in [-0.3, -0.25) is 0 Å². The van der Waals surface area contributed by atoms with E-state index in [1.165, 1.54) is 0 Å². The molecule has 0 aromatic heterocycles. The predicted molar refractivity (Wildman–Crippen MR) is 86.3 cm³/mol. The summed E-state index contributed by atoms with van der Waals surface area (Å²) in [7, 11) is -3.10. The van der Waals surface area contributed by atoms with Crippen molar-refractivity contribution in [3.05, 3.63) is 0 Å². The number of sulfone groups is 1. The quantitative estimate of drug-likeness (QED) is 0.818. The van der Waals surface area contributed by atoms with Crippen molar-refractivity contribution < 1.29 is 13.2 Å². The van der Waals surface area contributed by atoms with Crippen molar-refractivity contribution >= 4 is 9.84 Å². The normalized spacial score (nSPS) is 33.2. The Morgan fingerprint density at radius 2 is 2.05 bits per heavy atom. The van der Waals surface area contributed by atoms with Gasteiger partial charge in [0.15, 0.2) is 9.84 Å². The van der Waals surface area contributed by atoms with Gasteiger partial charge < -0.3 is 10.1 Å². The monoisotopic (exact) mass is 317 g/mol. The third kappa shape index (κ3) is 4.67. The van der Waals surface area contributed by atoms with Crippen LogP contribution in [0.5, 0.6) is 0 Å². The molecule has 0 aromatic carbocycles. The third-order valence-corrected chi connectivity index (χ3v) is 7.15. The number of hydrogen-bond acceptors (Lipinski definition) is 4. The molecule has 5 heteroatoms. The molecule has 21 heavy (non-hydrogen) atoms. The Balaban J connectivity index is 2.09. The topological polar surface area (TPSA) is 55.4 Å². The molecule has 1 aliphatic carbocycles. The summed E-state index contributed by atoms with van der Waals surface area (Å²) in [6, 6.07) is 0.115. The van der Waals surface area contributed by atoms with Crippen LogP contribution in [0.25, 0.3) is 0 Å². The van der Waals surface area contributed by atoms with Crippen molar-refractivity contribution in [1.29, 1.82) is 0 Å². The first-order chi connectivity index (χ1) is 9.84. The van der Waals surface area contributed by atoms with E-state index in [1.807, 2.05) is 0 Å². The van der Waals surface area contributed by atoms with Crippen molar-refractivity contribution in [2.45, 2.75) is 76.7 Å². The molecule has 3 atom stereocenters. The number of rotatable bonds is 6. The van der Waals surface area contributed by atoms with Crippen LogP contribution in [0.3, 0.4) is 0 Å². The Bertz CT molecular complexity index is 427. The molecule has 0 spiro atoms. The smallest absolute Gasteiger partial charge is 0.157 e. The van der Waals surface area contributed by atoms with Crippen LogP contribution in [0.4, 0.5) is 0 Å². The maximum atomic E-state index is 12.9. The van der Waals surface area contributed by atoms with Gasteiger partial charge in [0.2, 0.25) is 0 Å². The predicted octanol–water partition coefficient (Wildman–Crippen LogP) is 2.53. The zero-order valence-electron chi connectivity index (χ0n) is 13.7. The van der Waals surface area contributed by atoms with Crippen molar-refractivity contribution in [1.82, 2.24) is 5.32 Å². The minimum atomic E-state index is -3.10. The molecule has 1 saturated heterocycles. The highest BCUT2D eigenvalue weighted by molar-refractivity contribution is 7.92. The molecule has 1 aliphatic heterocycles. The van der Waals surface area contributed by atoms with E-state index in [0.717, 1.165) is 45.1 Å². The highest BCUT2D eigenvalue weighted by Gasteiger charge is 2.42. The minimum Gasteiger partial charge on any atom is -0.377 e. The average molecular weight is 317 g/mol. The molecule has 2 aliphatic rings. The van der Waals surface area contributed by atoms with Gasteiger partial charge in [0, 0.05) is 12.6 Å². The second-order valence-corrected chi connectivity index (χ2v) is 9.74. The van der Waals surface area contributed by atoms with Crippen LogP contribution >= 0.6 is 0 Å². The van der Waals surface area contributed by atoms with Crippen LogP contribution in [0, 0.1) is 5.41 Å². The van der Waals surface area contributed by atoms with Gasteiger partial charge in [-0.15, -0.1) is 0 Å². The molecular formula is C16H31NO3S. The fourth-order valence-electron chi connectivity index (χ4n) is 3.62. The van der Waals surface area contributed by atoms with E-state index in [2.05, 4.69) is 26.1 Å². The van der Waals surface area contributed by atoms with Crippen molar-refractivity contribution in [2.75, 3.05) is 18.9 Å². The lowest BCUT2D eigenvalue weighted by Crippen LogP contribution is -2.51. The van der Waals surface area contributed by atoms with E-state index in [9.17, 15) is 8.42 Å². The lowest BCUT2D eigenvalue weighted by molar-refractivity contribution is 0.126. The molecular weight excluding hydrogens is 286 g/mol. The number of hydrogen-bond donors (Lipinski definition) is 1. The Morgan fingerprint density at radius 1 is 1.29 bits per heavy atom. The highest BCUT2D eigenvalue weighted by Crippen LogP contribution is 2.39. The van der Waals surface area contributed by atoms with Gasteiger partial charge >= 0.3 is 0 Å². The molecule has 1 N–H and O–H groups in total. The molecule has 0 amide bonds. The van der Waals surface area contributed by atoms with Crippen LogP contribution in [0.1, 0.15) is 59.3 Å². The Labute approximate surface area is 129 Å². The molecule has 2 rings (SSSR count). The maximum absolute atomic E-state index is 12.9. The van der Waals surface area contributed by atoms with Crippen LogP contribution in [-0.4, -0.2) is 44.7 Å². The third-order valence-electron chi connectivity index (χ3n) is 4.89. The van der Waals surface area contributed by atoms with Crippen molar-refractivity contribution in [3.63, 3.8) is 0 Å². The molecule has 1 heterocycles. The van der Waals surface area contributed by atoms with Crippen molar-refractivity contribution in [2.24, 2.45) is 5.41 Å². The Morgan fingerprint density at radius 3 is 2.67 bits per heavy atom. The summed E-state index contributed by atoms with van der Waals surface area (Å²) in [6.07, 6.45) is 5.67. The first kappa shape index (κ1) is 17.2. The minimum absolute atomic E-state index is 0.0770. The standard InChI is InChI=1S/C16H31NO3S/c1-4-9-17-14-7-8-16(2,3)11-15(14)21(18,19)12-13-6-5-10-20-13/h13-15,17H,4-12H2,1-3H3. The van der Waals surface area contributed by atoms with Crippen molar-refractivity contribution in [3.8, 4) is 0 Å². The van der Waals surface area contributed by atoms with Crippen LogP contribution < -0.4 is 5.32 Å². The van der Waals surface area contributed by atoms with E-state index in [0.29, 0.717) is 6.61 Å². The molecule has 2 fully saturated rings. The number of ether oxygens (including phenoxy) is 1. The van der Waals surface area contributed by atoms with E-state index in [4.69, 9.17) is 4.74 Å². The van der Waals surface area contributed by atoms with Crippen LogP contribution in [0.2, 0.25) is 0 Å². The first-order valence-corrected chi connectivity index (χ1v) is 10.1. The fourth-order valence-corrected chi connectivity index (χ4v) is 6.09. The summed E-state index contributed by atoms with van der Waals surface area (Å²) < 4.78 is 31.3. The number of nitrogens with one attached hydrogen (secondary N) is 1.